The molecule has 0 heterocycles. The summed E-state index contributed by atoms with van der Waals surface area (Å²) in [4.78, 5) is 24.8. The number of hydrogen-bond acceptors (Lipinski definition) is 6. The lowest BCUT2D eigenvalue weighted by molar-refractivity contribution is 0.0455. The number of esters is 2. The lowest BCUT2D eigenvalue weighted by Gasteiger charge is -2.13. The molecule has 0 aliphatic rings. The van der Waals surface area contributed by atoms with Crippen molar-refractivity contribution in [2.24, 2.45) is 23.7 Å². The lowest BCUT2D eigenvalue weighted by atomic mass is 9.95. The first-order valence-corrected chi connectivity index (χ1v) is 13.7. The minimum atomic E-state index is -0.430. The predicted molar refractivity (Wildman–Crippen MR) is 155 cm³/mol. The van der Waals surface area contributed by atoms with Gasteiger partial charge in [0.15, 0.2) is 0 Å². The third-order valence-electron chi connectivity index (χ3n) is 6.78. The van der Waals surface area contributed by atoms with Crippen LogP contribution in [0.4, 0.5) is 0 Å². The van der Waals surface area contributed by atoms with E-state index in [1.54, 1.807) is 24.3 Å². The summed E-state index contributed by atoms with van der Waals surface area (Å²) in [6.07, 6.45) is 1.22. The van der Waals surface area contributed by atoms with Gasteiger partial charge in [-0.3, -0.25) is 0 Å². The standard InChI is InChI=1S/C34H36N2O4/c1-23(2)19-25(20-35)22-40-34(38)31-15-11-29(12-16-31)27-7-5-26(6-8-27)28-9-13-30(14-10-28)33(37)39-18-17-32(21-36)24(3)4/h5-16,23-25,32H,17-19,22H2,1-4H3/t25-,32-/m0/s1. The highest BCUT2D eigenvalue weighted by Gasteiger charge is 2.16. The second kappa shape index (κ2) is 14.7. The predicted octanol–water partition coefficient (Wildman–Crippen LogP) is 7.71. The van der Waals surface area contributed by atoms with Gasteiger partial charge in [-0.05, 0) is 71.2 Å². The molecule has 0 spiro atoms. The van der Waals surface area contributed by atoms with Crippen LogP contribution >= 0.6 is 0 Å². The van der Waals surface area contributed by atoms with Crippen molar-refractivity contribution >= 4 is 11.9 Å². The average Bonchev–Trinajstić information content (AvgIpc) is 2.97. The average molecular weight is 537 g/mol. The largest absolute Gasteiger partial charge is 0.462 e. The van der Waals surface area contributed by atoms with Gasteiger partial charge in [0, 0.05) is 0 Å². The smallest absolute Gasteiger partial charge is 0.338 e. The number of benzene rings is 3. The summed E-state index contributed by atoms with van der Waals surface area (Å²) in [7, 11) is 0. The fraction of sp³-hybridized carbons (Fsp3) is 0.353. The summed E-state index contributed by atoms with van der Waals surface area (Å²) in [5.41, 5.74) is 4.87. The molecule has 0 aliphatic heterocycles. The summed E-state index contributed by atoms with van der Waals surface area (Å²) in [6, 6.07) is 27.0. The number of ether oxygens (including phenoxy) is 2. The van der Waals surface area contributed by atoms with Gasteiger partial charge in [-0.2, -0.15) is 10.5 Å². The molecule has 0 amide bonds. The van der Waals surface area contributed by atoms with Crippen LogP contribution < -0.4 is 0 Å². The molecule has 0 saturated heterocycles. The van der Waals surface area contributed by atoms with Crippen LogP contribution in [-0.2, 0) is 9.47 Å². The maximum atomic E-state index is 12.4. The van der Waals surface area contributed by atoms with Gasteiger partial charge in [0.2, 0.25) is 0 Å². The molecule has 40 heavy (non-hydrogen) atoms. The molecule has 0 saturated carbocycles. The molecule has 0 aromatic heterocycles. The van der Waals surface area contributed by atoms with E-state index in [9.17, 15) is 20.1 Å². The first kappa shape index (κ1) is 30.1. The Bertz CT molecular complexity index is 1350. The first-order chi connectivity index (χ1) is 19.2. The maximum absolute atomic E-state index is 12.4. The Labute approximate surface area is 237 Å². The summed E-state index contributed by atoms with van der Waals surface area (Å²) in [5.74, 6) is -0.669. The van der Waals surface area contributed by atoms with E-state index in [1.165, 1.54) is 0 Å². The number of carbonyl (C=O) groups is 2. The van der Waals surface area contributed by atoms with E-state index in [2.05, 4.69) is 12.1 Å². The van der Waals surface area contributed by atoms with Crippen molar-refractivity contribution in [1.29, 1.82) is 10.5 Å². The van der Waals surface area contributed by atoms with Crippen LogP contribution in [0.5, 0.6) is 0 Å². The molecule has 0 radical (unpaired) electrons. The van der Waals surface area contributed by atoms with E-state index < -0.39 is 11.9 Å². The molecule has 206 valence electrons. The van der Waals surface area contributed by atoms with Gasteiger partial charge in [-0.15, -0.1) is 0 Å². The zero-order chi connectivity index (χ0) is 29.1. The van der Waals surface area contributed by atoms with Gasteiger partial charge in [-0.25, -0.2) is 9.59 Å². The van der Waals surface area contributed by atoms with Crippen molar-refractivity contribution in [2.45, 2.75) is 40.5 Å². The third-order valence-corrected chi connectivity index (χ3v) is 6.78. The minimum absolute atomic E-state index is 0.0972. The van der Waals surface area contributed by atoms with Gasteiger partial charge in [0.1, 0.15) is 6.61 Å². The fourth-order valence-electron chi connectivity index (χ4n) is 4.35. The Balaban J connectivity index is 1.57. The van der Waals surface area contributed by atoms with Crippen molar-refractivity contribution < 1.29 is 19.1 Å². The van der Waals surface area contributed by atoms with Crippen molar-refractivity contribution in [3.63, 3.8) is 0 Å². The summed E-state index contributed by atoms with van der Waals surface area (Å²) in [5, 5.41) is 18.4. The third kappa shape index (κ3) is 8.55. The highest BCUT2D eigenvalue weighted by Crippen LogP contribution is 2.26. The Hall–Kier alpha value is -4.42. The van der Waals surface area contributed by atoms with Crippen LogP contribution in [-0.4, -0.2) is 25.2 Å². The topological polar surface area (TPSA) is 100 Å². The molecule has 2 atom stereocenters. The Kier molecular flexibility index (Phi) is 11.0. The second-order valence-corrected chi connectivity index (χ2v) is 10.7. The SMILES string of the molecule is CC(C)C[C@@H](C#N)COC(=O)c1ccc(-c2ccc(-c3ccc(C(=O)OCC[C@@H](C#N)C(C)C)cc3)cc2)cc1. The van der Waals surface area contributed by atoms with E-state index in [0.29, 0.717) is 29.9 Å². The van der Waals surface area contributed by atoms with Gasteiger partial charge in [0.25, 0.3) is 0 Å². The zero-order valence-corrected chi connectivity index (χ0v) is 23.6. The van der Waals surface area contributed by atoms with Gasteiger partial charge in [-0.1, -0.05) is 76.2 Å². The van der Waals surface area contributed by atoms with Crippen LogP contribution in [0.25, 0.3) is 22.3 Å². The van der Waals surface area contributed by atoms with E-state index in [1.807, 2.05) is 76.2 Å². The van der Waals surface area contributed by atoms with Crippen LogP contribution in [0, 0.1) is 46.3 Å². The Morgan fingerprint density at radius 3 is 1.48 bits per heavy atom. The highest BCUT2D eigenvalue weighted by atomic mass is 16.5. The van der Waals surface area contributed by atoms with Gasteiger partial charge in [0.05, 0.1) is 41.7 Å². The van der Waals surface area contributed by atoms with E-state index >= 15 is 0 Å². The molecule has 0 aliphatic carbocycles. The minimum Gasteiger partial charge on any atom is -0.462 e. The highest BCUT2D eigenvalue weighted by molar-refractivity contribution is 5.91. The van der Waals surface area contributed by atoms with Crippen molar-refractivity contribution in [1.82, 2.24) is 0 Å². The van der Waals surface area contributed by atoms with Crippen LogP contribution in [0.15, 0.2) is 72.8 Å². The summed E-state index contributed by atoms with van der Waals surface area (Å²) in [6.45, 7) is 8.36. The van der Waals surface area contributed by atoms with Gasteiger partial charge >= 0.3 is 11.9 Å². The van der Waals surface area contributed by atoms with Crippen molar-refractivity contribution in [3.05, 3.63) is 83.9 Å². The van der Waals surface area contributed by atoms with E-state index in [-0.39, 0.29) is 31.0 Å². The van der Waals surface area contributed by atoms with Gasteiger partial charge < -0.3 is 9.47 Å². The second-order valence-electron chi connectivity index (χ2n) is 10.7. The van der Waals surface area contributed by atoms with E-state index in [0.717, 1.165) is 22.3 Å². The number of rotatable bonds is 12. The summed E-state index contributed by atoms with van der Waals surface area (Å²) < 4.78 is 10.7. The molecule has 3 aromatic rings. The molecule has 3 rings (SSSR count). The first-order valence-electron chi connectivity index (χ1n) is 13.7. The Morgan fingerprint density at radius 2 is 1.10 bits per heavy atom. The fourth-order valence-corrected chi connectivity index (χ4v) is 4.35. The Morgan fingerprint density at radius 1 is 0.675 bits per heavy atom. The molecular weight excluding hydrogens is 500 g/mol. The molecule has 0 N–H and O–H groups in total. The normalized spacial score (nSPS) is 12.3. The van der Waals surface area contributed by atoms with Crippen LogP contribution in [0.3, 0.4) is 0 Å². The lowest BCUT2D eigenvalue weighted by Crippen LogP contribution is -2.14. The number of nitriles is 2. The zero-order valence-electron chi connectivity index (χ0n) is 23.6. The maximum Gasteiger partial charge on any atom is 0.338 e. The monoisotopic (exact) mass is 536 g/mol. The molecule has 6 heteroatoms. The number of hydrogen-bond donors (Lipinski definition) is 0. The molecule has 0 bridgehead atoms. The number of nitrogens with zero attached hydrogens (tertiary/aromatic N) is 2. The molecule has 6 nitrogen and oxygen atoms in total. The van der Waals surface area contributed by atoms with Crippen molar-refractivity contribution in [2.75, 3.05) is 13.2 Å². The molecule has 0 unspecified atom stereocenters. The van der Waals surface area contributed by atoms with Crippen LogP contribution in [0.1, 0.15) is 61.3 Å². The number of carbonyl (C=O) groups excluding carboxylic acids is 2. The van der Waals surface area contributed by atoms with E-state index in [4.69, 9.17) is 9.47 Å². The molecule has 0 fully saturated rings. The van der Waals surface area contributed by atoms with Crippen LogP contribution in [0.2, 0.25) is 0 Å². The molecular formula is C34H36N2O4. The summed E-state index contributed by atoms with van der Waals surface area (Å²) >= 11 is 0. The van der Waals surface area contributed by atoms with Crippen molar-refractivity contribution in [3.8, 4) is 34.4 Å². The quantitative estimate of drug-likeness (QED) is 0.220. The molecule has 3 aromatic carbocycles.